The van der Waals surface area contributed by atoms with Gasteiger partial charge in [0.2, 0.25) is 0 Å². The number of aryl methyl sites for hydroxylation is 1. The molecule has 44 heavy (non-hydrogen) atoms. The Morgan fingerprint density at radius 2 is 1.75 bits per heavy atom. The minimum absolute atomic E-state index is 0.187. The zero-order chi connectivity index (χ0) is 31.4. The van der Waals surface area contributed by atoms with E-state index in [9.17, 15) is 9.18 Å². The van der Waals surface area contributed by atoms with Gasteiger partial charge in [0.1, 0.15) is 18.2 Å². The minimum Gasteiger partial charge on any atom is -0.494 e. The summed E-state index contributed by atoms with van der Waals surface area (Å²) in [6, 6.07) is 20.9. The first kappa shape index (κ1) is 30.9. The molecule has 0 saturated heterocycles. The number of ether oxygens (including phenoxy) is 3. The number of nitrogens with zero attached hydrogens (tertiary/aromatic N) is 3. The molecule has 0 saturated carbocycles. The lowest BCUT2D eigenvalue weighted by Gasteiger charge is -2.18. The zero-order valence-electron chi connectivity index (χ0n) is 25.2. The first-order valence-corrected chi connectivity index (χ1v) is 15.1. The Kier molecular flexibility index (Phi) is 9.44. The molecule has 0 spiro atoms. The Hall–Kier alpha value is -4.50. The summed E-state index contributed by atoms with van der Waals surface area (Å²) in [4.78, 5) is 18.8. The average Bonchev–Trinajstić information content (AvgIpc) is 3.01. The van der Waals surface area contributed by atoms with Gasteiger partial charge < -0.3 is 14.2 Å². The van der Waals surface area contributed by atoms with Crippen LogP contribution in [0.1, 0.15) is 48.9 Å². The van der Waals surface area contributed by atoms with Crippen molar-refractivity contribution in [2.75, 3.05) is 13.7 Å². The molecule has 4 aromatic carbocycles. The van der Waals surface area contributed by atoms with Crippen LogP contribution in [0.15, 0.2) is 87.2 Å². The summed E-state index contributed by atoms with van der Waals surface area (Å²) >= 11 is 3.61. The number of methoxy groups -OCH3 is 1. The van der Waals surface area contributed by atoms with Crippen LogP contribution in [-0.4, -0.2) is 29.6 Å². The van der Waals surface area contributed by atoms with Gasteiger partial charge in [-0.3, -0.25) is 4.79 Å². The van der Waals surface area contributed by atoms with E-state index in [0.29, 0.717) is 44.9 Å². The predicted octanol–water partition coefficient (Wildman–Crippen LogP) is 8.27. The molecule has 1 heterocycles. The first-order valence-electron chi connectivity index (χ1n) is 14.3. The molecule has 0 amide bonds. The van der Waals surface area contributed by atoms with E-state index in [-0.39, 0.29) is 23.9 Å². The van der Waals surface area contributed by atoms with Crippen molar-refractivity contribution in [3.05, 3.63) is 116 Å². The normalized spacial score (nSPS) is 11.5. The molecule has 0 aliphatic heterocycles. The Balaban J connectivity index is 1.58. The van der Waals surface area contributed by atoms with E-state index in [0.717, 1.165) is 28.0 Å². The van der Waals surface area contributed by atoms with Gasteiger partial charge in [-0.05, 0) is 101 Å². The highest BCUT2D eigenvalue weighted by molar-refractivity contribution is 9.10. The molecular weight excluding hydrogens is 625 g/mol. The van der Waals surface area contributed by atoms with Crippen LogP contribution in [0.4, 0.5) is 4.39 Å². The number of para-hydroxylation sites is 1. The lowest BCUT2D eigenvalue weighted by Crippen LogP contribution is -2.21. The van der Waals surface area contributed by atoms with Gasteiger partial charge in [-0.15, -0.1) is 0 Å². The summed E-state index contributed by atoms with van der Waals surface area (Å²) in [6.45, 7) is 8.93. The van der Waals surface area contributed by atoms with Crippen molar-refractivity contribution in [3.8, 4) is 28.6 Å². The van der Waals surface area contributed by atoms with Gasteiger partial charge in [-0.25, -0.2) is 9.37 Å². The molecule has 9 heteroatoms. The zero-order valence-corrected chi connectivity index (χ0v) is 26.8. The number of rotatable bonds is 10. The van der Waals surface area contributed by atoms with E-state index in [4.69, 9.17) is 19.2 Å². The standard InChI is InChI=1S/C35H33BrFN3O4/c1-6-43-31-15-22(4)28(17-27(31)21(2)3)34-39-30-10-8-7-9-26(30)35(41)40(34)38-19-24-16-32(42-5)33(18-29(24)36)44-20-23-11-13-25(37)14-12-23/h7-19,21H,6,20H2,1-5H3. The van der Waals surface area contributed by atoms with Crippen LogP contribution in [0, 0.1) is 12.7 Å². The monoisotopic (exact) mass is 657 g/mol. The van der Waals surface area contributed by atoms with Crippen LogP contribution < -0.4 is 19.8 Å². The molecule has 7 nitrogen and oxygen atoms in total. The molecule has 0 N–H and O–H groups in total. The molecule has 5 aromatic rings. The number of hydrogen-bond acceptors (Lipinski definition) is 6. The van der Waals surface area contributed by atoms with Gasteiger partial charge in [0.05, 0.1) is 30.8 Å². The van der Waals surface area contributed by atoms with E-state index >= 15 is 0 Å². The Bertz CT molecular complexity index is 1900. The van der Waals surface area contributed by atoms with Crippen LogP contribution >= 0.6 is 15.9 Å². The minimum atomic E-state index is -0.306. The van der Waals surface area contributed by atoms with E-state index in [1.54, 1.807) is 43.7 Å². The second-order valence-electron chi connectivity index (χ2n) is 10.5. The SMILES string of the molecule is CCOc1cc(C)c(-c2nc3ccccc3c(=O)n2N=Cc2cc(OC)c(OCc3ccc(F)cc3)cc2Br)cc1C(C)C. The molecule has 0 unspecified atom stereocenters. The number of halogens is 2. The molecule has 0 bridgehead atoms. The van der Waals surface area contributed by atoms with Crippen LogP contribution in [0.5, 0.6) is 17.2 Å². The van der Waals surface area contributed by atoms with E-state index < -0.39 is 0 Å². The van der Waals surface area contributed by atoms with Crippen LogP contribution in [-0.2, 0) is 6.61 Å². The number of aromatic nitrogens is 2. The molecule has 0 atom stereocenters. The molecule has 226 valence electrons. The van der Waals surface area contributed by atoms with Gasteiger partial charge in [-0.1, -0.05) is 38.1 Å². The molecule has 0 radical (unpaired) electrons. The highest BCUT2D eigenvalue weighted by atomic mass is 79.9. The quantitative estimate of drug-likeness (QED) is 0.141. The number of benzene rings is 4. The van der Waals surface area contributed by atoms with Gasteiger partial charge >= 0.3 is 0 Å². The summed E-state index contributed by atoms with van der Waals surface area (Å²) in [5.41, 5.74) is 4.50. The van der Waals surface area contributed by atoms with Gasteiger partial charge in [0.15, 0.2) is 17.3 Å². The summed E-state index contributed by atoms with van der Waals surface area (Å²) in [5.74, 6) is 2.10. The summed E-state index contributed by atoms with van der Waals surface area (Å²) in [7, 11) is 1.55. The highest BCUT2D eigenvalue weighted by Crippen LogP contribution is 2.35. The second-order valence-corrected chi connectivity index (χ2v) is 11.4. The predicted molar refractivity (Wildman–Crippen MR) is 176 cm³/mol. The van der Waals surface area contributed by atoms with Crippen LogP contribution in [0.25, 0.3) is 22.3 Å². The van der Waals surface area contributed by atoms with Crippen LogP contribution in [0.2, 0.25) is 0 Å². The topological polar surface area (TPSA) is 74.9 Å². The van der Waals surface area contributed by atoms with Gasteiger partial charge in [0, 0.05) is 15.6 Å². The van der Waals surface area contributed by atoms with Crippen molar-refractivity contribution < 1.29 is 18.6 Å². The van der Waals surface area contributed by atoms with E-state index in [2.05, 4.69) is 34.9 Å². The molecule has 1 aromatic heterocycles. The average molecular weight is 659 g/mol. The third-order valence-electron chi connectivity index (χ3n) is 7.18. The second kappa shape index (κ2) is 13.4. The van der Waals surface area contributed by atoms with Crippen molar-refractivity contribution >= 4 is 33.0 Å². The van der Waals surface area contributed by atoms with Gasteiger partial charge in [0.25, 0.3) is 5.56 Å². The fraction of sp³-hybridized carbons (Fsp3) is 0.229. The van der Waals surface area contributed by atoms with Crippen molar-refractivity contribution in [1.82, 2.24) is 9.66 Å². The molecular formula is C35H33BrFN3O4. The fourth-order valence-electron chi connectivity index (χ4n) is 4.86. The van der Waals surface area contributed by atoms with Crippen molar-refractivity contribution in [3.63, 3.8) is 0 Å². The Labute approximate surface area is 264 Å². The lowest BCUT2D eigenvalue weighted by molar-refractivity contribution is 0.284. The summed E-state index contributed by atoms with van der Waals surface area (Å²) in [5, 5.41) is 5.13. The maximum Gasteiger partial charge on any atom is 0.282 e. The van der Waals surface area contributed by atoms with Crippen molar-refractivity contribution in [2.45, 2.75) is 40.2 Å². The molecule has 0 fully saturated rings. The lowest BCUT2D eigenvalue weighted by atomic mass is 9.96. The number of fused-ring (bicyclic) bond motifs is 1. The fourth-order valence-corrected chi connectivity index (χ4v) is 5.28. The molecule has 5 rings (SSSR count). The summed E-state index contributed by atoms with van der Waals surface area (Å²) in [6.07, 6.45) is 1.59. The maximum atomic E-state index is 13.9. The first-order chi connectivity index (χ1) is 21.2. The Morgan fingerprint density at radius 3 is 2.45 bits per heavy atom. The van der Waals surface area contributed by atoms with Crippen molar-refractivity contribution in [2.24, 2.45) is 5.10 Å². The Morgan fingerprint density at radius 1 is 1.00 bits per heavy atom. The van der Waals surface area contributed by atoms with E-state index in [1.807, 2.05) is 44.2 Å². The van der Waals surface area contributed by atoms with Crippen LogP contribution in [0.3, 0.4) is 0 Å². The summed E-state index contributed by atoms with van der Waals surface area (Å²) < 4.78 is 32.8. The largest absolute Gasteiger partial charge is 0.494 e. The van der Waals surface area contributed by atoms with Gasteiger partial charge in [-0.2, -0.15) is 9.78 Å². The van der Waals surface area contributed by atoms with Crippen molar-refractivity contribution in [1.29, 1.82) is 0 Å². The molecule has 0 aliphatic rings. The highest BCUT2D eigenvalue weighted by Gasteiger charge is 2.19. The number of hydrogen-bond donors (Lipinski definition) is 0. The molecule has 0 aliphatic carbocycles. The third kappa shape index (κ3) is 6.53. The third-order valence-corrected chi connectivity index (χ3v) is 7.86. The van der Waals surface area contributed by atoms with E-state index in [1.165, 1.54) is 16.8 Å². The maximum absolute atomic E-state index is 13.9. The smallest absolute Gasteiger partial charge is 0.282 e.